The largest absolute Gasteiger partial charge is 0.326 e. The van der Waals surface area contributed by atoms with Gasteiger partial charge in [-0.15, -0.1) is 0 Å². The first-order chi connectivity index (χ1) is 13.9. The number of nitrogens with one attached hydrogen (secondary N) is 1. The molecule has 29 heavy (non-hydrogen) atoms. The quantitative estimate of drug-likeness (QED) is 0.722. The zero-order valence-electron chi connectivity index (χ0n) is 17.2. The SMILES string of the molecule is CC[C@H](C)c1ccc(NC(=O)Cc2ccc(S(=O)(=O)N3CCCCC3)cc2)cc1. The van der Waals surface area contributed by atoms with E-state index in [9.17, 15) is 13.2 Å². The van der Waals surface area contributed by atoms with Crippen molar-refractivity contribution in [2.45, 2.75) is 56.8 Å². The molecule has 5 nitrogen and oxygen atoms in total. The van der Waals surface area contributed by atoms with E-state index in [1.807, 2.05) is 24.3 Å². The van der Waals surface area contributed by atoms with Crippen LogP contribution >= 0.6 is 0 Å². The molecule has 0 aromatic heterocycles. The minimum Gasteiger partial charge on any atom is -0.326 e. The Morgan fingerprint density at radius 1 is 1.00 bits per heavy atom. The smallest absolute Gasteiger partial charge is 0.243 e. The number of nitrogens with zero attached hydrogens (tertiary/aromatic N) is 1. The number of carbonyl (C=O) groups excluding carboxylic acids is 1. The van der Waals surface area contributed by atoms with Crippen molar-refractivity contribution >= 4 is 21.6 Å². The molecule has 1 aliphatic rings. The standard InChI is InChI=1S/C23H30N2O3S/c1-3-18(2)20-9-11-21(12-10-20)24-23(26)17-19-7-13-22(14-8-19)29(27,28)25-15-5-4-6-16-25/h7-14,18H,3-6,15-17H2,1-2H3,(H,24,26)/t18-/m0/s1. The van der Waals surface area contributed by atoms with Crippen molar-refractivity contribution in [2.75, 3.05) is 18.4 Å². The Labute approximate surface area is 174 Å². The molecule has 1 saturated heterocycles. The summed E-state index contributed by atoms with van der Waals surface area (Å²) in [5.74, 6) is 0.382. The molecule has 0 aliphatic carbocycles. The van der Waals surface area contributed by atoms with E-state index in [4.69, 9.17) is 0 Å². The van der Waals surface area contributed by atoms with Crippen LogP contribution in [-0.2, 0) is 21.2 Å². The second-order valence-corrected chi connectivity index (χ2v) is 9.70. The van der Waals surface area contributed by atoms with E-state index in [2.05, 4.69) is 19.2 Å². The highest BCUT2D eigenvalue weighted by Crippen LogP contribution is 2.22. The first kappa shape index (κ1) is 21.5. The van der Waals surface area contributed by atoms with Crippen LogP contribution in [0.2, 0.25) is 0 Å². The molecule has 1 heterocycles. The fraction of sp³-hybridized carbons (Fsp3) is 0.435. The zero-order chi connectivity index (χ0) is 20.9. The molecule has 1 amide bonds. The molecule has 0 unspecified atom stereocenters. The van der Waals surface area contributed by atoms with Crippen molar-refractivity contribution in [1.82, 2.24) is 4.31 Å². The van der Waals surface area contributed by atoms with Gasteiger partial charge in [0.15, 0.2) is 0 Å². The Morgan fingerprint density at radius 3 is 2.21 bits per heavy atom. The summed E-state index contributed by atoms with van der Waals surface area (Å²) in [6, 6.07) is 14.6. The maximum Gasteiger partial charge on any atom is 0.243 e. The van der Waals surface area contributed by atoms with Crippen LogP contribution in [0.4, 0.5) is 5.69 Å². The van der Waals surface area contributed by atoms with E-state index in [1.165, 1.54) is 5.56 Å². The third kappa shape index (κ3) is 5.46. The summed E-state index contributed by atoms with van der Waals surface area (Å²) in [7, 11) is -3.44. The lowest BCUT2D eigenvalue weighted by atomic mass is 9.98. The summed E-state index contributed by atoms with van der Waals surface area (Å²) in [6.07, 6.45) is 4.19. The molecule has 0 saturated carbocycles. The minimum absolute atomic E-state index is 0.118. The van der Waals surface area contributed by atoms with E-state index in [0.717, 1.165) is 36.9 Å². The van der Waals surface area contributed by atoms with Crippen LogP contribution in [0, 0.1) is 0 Å². The number of anilines is 1. The van der Waals surface area contributed by atoms with Crippen LogP contribution in [0.15, 0.2) is 53.4 Å². The Hall–Kier alpha value is -2.18. The van der Waals surface area contributed by atoms with Crippen molar-refractivity contribution in [3.8, 4) is 0 Å². The van der Waals surface area contributed by atoms with Crippen molar-refractivity contribution in [1.29, 1.82) is 0 Å². The summed E-state index contributed by atoms with van der Waals surface area (Å²) in [4.78, 5) is 12.6. The fourth-order valence-corrected chi connectivity index (χ4v) is 5.07. The number of carbonyl (C=O) groups is 1. The molecule has 1 fully saturated rings. The van der Waals surface area contributed by atoms with Gasteiger partial charge in [0.05, 0.1) is 11.3 Å². The predicted molar refractivity (Wildman–Crippen MR) is 117 cm³/mol. The molecule has 0 radical (unpaired) electrons. The van der Waals surface area contributed by atoms with Crippen LogP contribution in [0.3, 0.4) is 0 Å². The molecular formula is C23H30N2O3S. The lowest BCUT2D eigenvalue weighted by molar-refractivity contribution is -0.115. The van der Waals surface area contributed by atoms with E-state index in [1.54, 1.807) is 28.6 Å². The third-order valence-electron chi connectivity index (χ3n) is 5.62. The number of piperidine rings is 1. The van der Waals surface area contributed by atoms with Crippen LogP contribution in [0.5, 0.6) is 0 Å². The molecule has 1 aliphatic heterocycles. The highest BCUT2D eigenvalue weighted by molar-refractivity contribution is 7.89. The van der Waals surface area contributed by atoms with Gasteiger partial charge in [-0.1, -0.05) is 44.5 Å². The highest BCUT2D eigenvalue weighted by atomic mass is 32.2. The van der Waals surface area contributed by atoms with Gasteiger partial charge in [-0.2, -0.15) is 4.31 Å². The van der Waals surface area contributed by atoms with Crippen molar-refractivity contribution in [3.63, 3.8) is 0 Å². The Morgan fingerprint density at radius 2 is 1.62 bits per heavy atom. The predicted octanol–water partition coefficient (Wildman–Crippen LogP) is 4.56. The molecule has 3 rings (SSSR count). The Balaban J connectivity index is 1.60. The lowest BCUT2D eigenvalue weighted by Gasteiger charge is -2.25. The van der Waals surface area contributed by atoms with Gasteiger partial charge < -0.3 is 5.32 Å². The molecule has 156 valence electrons. The molecular weight excluding hydrogens is 384 g/mol. The van der Waals surface area contributed by atoms with Crippen LogP contribution in [-0.4, -0.2) is 31.7 Å². The maximum atomic E-state index is 12.7. The van der Waals surface area contributed by atoms with Gasteiger partial charge >= 0.3 is 0 Å². The summed E-state index contributed by atoms with van der Waals surface area (Å²) < 4.78 is 27.0. The van der Waals surface area contributed by atoms with Crippen molar-refractivity contribution in [2.24, 2.45) is 0 Å². The van der Waals surface area contributed by atoms with Gasteiger partial charge in [0.1, 0.15) is 0 Å². The molecule has 6 heteroatoms. The molecule has 1 atom stereocenters. The van der Waals surface area contributed by atoms with Gasteiger partial charge in [0.25, 0.3) is 0 Å². The lowest BCUT2D eigenvalue weighted by Crippen LogP contribution is -2.35. The van der Waals surface area contributed by atoms with E-state index in [0.29, 0.717) is 23.9 Å². The zero-order valence-corrected chi connectivity index (χ0v) is 18.0. The monoisotopic (exact) mass is 414 g/mol. The fourth-order valence-electron chi connectivity index (χ4n) is 3.55. The minimum atomic E-state index is -3.44. The average Bonchev–Trinajstić information content (AvgIpc) is 2.74. The molecule has 2 aromatic rings. The first-order valence-electron chi connectivity index (χ1n) is 10.4. The number of hydrogen-bond donors (Lipinski definition) is 1. The Bertz CT molecular complexity index is 916. The molecule has 0 bridgehead atoms. The summed E-state index contributed by atoms with van der Waals surface area (Å²) in [5.41, 5.74) is 2.82. The van der Waals surface area contributed by atoms with Gasteiger partial charge in [0, 0.05) is 18.8 Å². The van der Waals surface area contributed by atoms with Crippen LogP contribution in [0.1, 0.15) is 56.6 Å². The molecule has 1 N–H and O–H groups in total. The van der Waals surface area contributed by atoms with E-state index in [-0.39, 0.29) is 12.3 Å². The molecule has 0 spiro atoms. The number of sulfonamides is 1. The normalized spacial score (nSPS) is 16.3. The van der Waals surface area contributed by atoms with Crippen molar-refractivity contribution in [3.05, 3.63) is 59.7 Å². The summed E-state index contributed by atoms with van der Waals surface area (Å²) in [6.45, 7) is 5.51. The Kier molecular flexibility index (Phi) is 7.09. The third-order valence-corrected chi connectivity index (χ3v) is 7.53. The van der Waals surface area contributed by atoms with Gasteiger partial charge in [-0.05, 0) is 60.6 Å². The van der Waals surface area contributed by atoms with Gasteiger partial charge in [-0.3, -0.25) is 4.79 Å². The molecule has 2 aromatic carbocycles. The van der Waals surface area contributed by atoms with Gasteiger partial charge in [-0.25, -0.2) is 8.42 Å². The maximum absolute atomic E-state index is 12.7. The second kappa shape index (κ2) is 9.55. The highest BCUT2D eigenvalue weighted by Gasteiger charge is 2.25. The van der Waals surface area contributed by atoms with Crippen molar-refractivity contribution < 1.29 is 13.2 Å². The number of rotatable bonds is 7. The van der Waals surface area contributed by atoms with Gasteiger partial charge in [0.2, 0.25) is 15.9 Å². The summed E-state index contributed by atoms with van der Waals surface area (Å²) in [5, 5.41) is 2.91. The second-order valence-electron chi connectivity index (χ2n) is 7.76. The topological polar surface area (TPSA) is 66.5 Å². The van der Waals surface area contributed by atoms with Crippen LogP contribution < -0.4 is 5.32 Å². The van der Waals surface area contributed by atoms with E-state index >= 15 is 0 Å². The summed E-state index contributed by atoms with van der Waals surface area (Å²) >= 11 is 0. The number of benzene rings is 2. The van der Waals surface area contributed by atoms with Crippen LogP contribution in [0.25, 0.3) is 0 Å². The first-order valence-corrected chi connectivity index (χ1v) is 11.8. The number of hydrogen-bond acceptors (Lipinski definition) is 3. The number of amides is 1. The average molecular weight is 415 g/mol. The van der Waals surface area contributed by atoms with E-state index < -0.39 is 10.0 Å².